The van der Waals surface area contributed by atoms with Gasteiger partial charge in [0.25, 0.3) is 0 Å². The van der Waals surface area contributed by atoms with Gasteiger partial charge in [0.2, 0.25) is 5.91 Å². The standard InChI is InChI=1S/C22H28N4O2S/c1-14(2)11-17-13-29-22-19(17)20(24-15(3)25-22)26-8-6-16(7-9-26)21(27)23-12-18-5-4-10-28-18/h4-5,10,13-14,16H,6-9,11-12H2,1-3H3,(H,23,27). The summed E-state index contributed by atoms with van der Waals surface area (Å²) in [5, 5.41) is 6.44. The summed E-state index contributed by atoms with van der Waals surface area (Å²) < 4.78 is 5.29. The number of thiophene rings is 1. The lowest BCUT2D eigenvalue weighted by molar-refractivity contribution is -0.125. The van der Waals surface area contributed by atoms with E-state index in [2.05, 4.69) is 34.4 Å². The number of amides is 1. The van der Waals surface area contributed by atoms with Gasteiger partial charge in [0, 0.05) is 19.0 Å². The zero-order chi connectivity index (χ0) is 20.4. The molecule has 3 aromatic rings. The molecule has 0 unspecified atom stereocenters. The van der Waals surface area contributed by atoms with E-state index < -0.39 is 0 Å². The molecule has 0 aromatic carbocycles. The first-order valence-electron chi connectivity index (χ1n) is 10.3. The number of carbonyl (C=O) groups is 1. The second-order valence-electron chi connectivity index (χ2n) is 8.19. The fourth-order valence-corrected chi connectivity index (χ4v) is 4.98. The minimum absolute atomic E-state index is 0.0391. The number of hydrogen-bond acceptors (Lipinski definition) is 6. The van der Waals surface area contributed by atoms with Crippen molar-refractivity contribution in [2.45, 2.75) is 46.6 Å². The molecule has 1 aliphatic heterocycles. The summed E-state index contributed by atoms with van der Waals surface area (Å²) in [7, 11) is 0. The zero-order valence-corrected chi connectivity index (χ0v) is 18.1. The van der Waals surface area contributed by atoms with Crippen LogP contribution in [0.1, 0.15) is 43.8 Å². The van der Waals surface area contributed by atoms with Gasteiger partial charge in [-0.05, 0) is 55.2 Å². The van der Waals surface area contributed by atoms with E-state index in [0.717, 1.165) is 54.6 Å². The molecule has 1 amide bonds. The Hall–Kier alpha value is -2.41. The van der Waals surface area contributed by atoms with Crippen LogP contribution >= 0.6 is 11.3 Å². The highest BCUT2D eigenvalue weighted by molar-refractivity contribution is 7.17. The van der Waals surface area contributed by atoms with E-state index in [1.807, 2.05) is 19.1 Å². The topological polar surface area (TPSA) is 71.3 Å². The van der Waals surface area contributed by atoms with Gasteiger partial charge in [-0.25, -0.2) is 9.97 Å². The van der Waals surface area contributed by atoms with E-state index in [1.165, 1.54) is 10.9 Å². The van der Waals surface area contributed by atoms with Gasteiger partial charge in [-0.15, -0.1) is 11.3 Å². The summed E-state index contributed by atoms with van der Waals surface area (Å²) in [5.41, 5.74) is 1.34. The molecule has 1 aliphatic rings. The number of piperidine rings is 1. The van der Waals surface area contributed by atoms with Gasteiger partial charge in [-0.2, -0.15) is 0 Å². The van der Waals surface area contributed by atoms with Crippen molar-refractivity contribution >= 4 is 33.3 Å². The zero-order valence-electron chi connectivity index (χ0n) is 17.3. The molecule has 7 heteroatoms. The maximum atomic E-state index is 12.5. The second kappa shape index (κ2) is 8.53. The molecule has 1 saturated heterocycles. The minimum atomic E-state index is 0.0391. The smallest absolute Gasteiger partial charge is 0.223 e. The molecule has 0 radical (unpaired) electrons. The van der Waals surface area contributed by atoms with Crippen molar-refractivity contribution in [3.05, 3.63) is 40.9 Å². The quantitative estimate of drug-likeness (QED) is 0.653. The number of aromatic nitrogens is 2. The number of carbonyl (C=O) groups excluding carboxylic acids is 1. The number of nitrogens with one attached hydrogen (secondary N) is 1. The van der Waals surface area contributed by atoms with Crippen molar-refractivity contribution in [3.8, 4) is 0 Å². The monoisotopic (exact) mass is 412 g/mol. The Morgan fingerprint density at radius 2 is 2.14 bits per heavy atom. The van der Waals surface area contributed by atoms with Crippen molar-refractivity contribution in [2.75, 3.05) is 18.0 Å². The summed E-state index contributed by atoms with van der Waals surface area (Å²) in [5.74, 6) is 3.37. The van der Waals surface area contributed by atoms with Gasteiger partial charge < -0.3 is 14.6 Å². The summed E-state index contributed by atoms with van der Waals surface area (Å²) in [6.07, 6.45) is 4.32. The molecule has 1 N–H and O–H groups in total. The lowest BCUT2D eigenvalue weighted by atomic mass is 9.95. The first kappa shape index (κ1) is 19.9. The molecule has 3 aromatic heterocycles. The molecule has 6 nitrogen and oxygen atoms in total. The van der Waals surface area contributed by atoms with E-state index in [4.69, 9.17) is 9.40 Å². The third-order valence-electron chi connectivity index (χ3n) is 5.41. The summed E-state index contributed by atoms with van der Waals surface area (Å²) in [6, 6.07) is 3.71. The van der Waals surface area contributed by atoms with Crippen molar-refractivity contribution < 1.29 is 9.21 Å². The van der Waals surface area contributed by atoms with Crippen LogP contribution < -0.4 is 10.2 Å². The summed E-state index contributed by atoms with van der Waals surface area (Å²) >= 11 is 1.71. The average molecular weight is 413 g/mol. The van der Waals surface area contributed by atoms with Crippen LogP contribution in [0.2, 0.25) is 0 Å². The molecule has 4 rings (SSSR count). The Kier molecular flexibility index (Phi) is 5.85. The fraction of sp³-hybridized carbons (Fsp3) is 0.500. The second-order valence-corrected chi connectivity index (χ2v) is 9.05. The largest absolute Gasteiger partial charge is 0.467 e. The molecule has 29 heavy (non-hydrogen) atoms. The van der Waals surface area contributed by atoms with Gasteiger partial charge in [0.1, 0.15) is 22.2 Å². The van der Waals surface area contributed by atoms with Crippen molar-refractivity contribution in [2.24, 2.45) is 11.8 Å². The van der Waals surface area contributed by atoms with E-state index in [-0.39, 0.29) is 11.8 Å². The molecule has 1 fully saturated rings. The lowest BCUT2D eigenvalue weighted by Gasteiger charge is -2.32. The van der Waals surface area contributed by atoms with E-state index >= 15 is 0 Å². The van der Waals surface area contributed by atoms with Crippen LogP contribution in [0.3, 0.4) is 0 Å². The van der Waals surface area contributed by atoms with E-state index in [0.29, 0.717) is 12.5 Å². The van der Waals surface area contributed by atoms with Crippen LogP contribution in [0.4, 0.5) is 5.82 Å². The van der Waals surface area contributed by atoms with Crippen molar-refractivity contribution in [3.63, 3.8) is 0 Å². The Balaban J connectivity index is 1.46. The highest BCUT2D eigenvalue weighted by atomic mass is 32.1. The van der Waals surface area contributed by atoms with Gasteiger partial charge >= 0.3 is 0 Å². The maximum absolute atomic E-state index is 12.5. The molecule has 0 spiro atoms. The molecule has 4 heterocycles. The number of rotatable bonds is 6. The minimum Gasteiger partial charge on any atom is -0.467 e. The third-order valence-corrected chi connectivity index (χ3v) is 6.33. The number of aryl methyl sites for hydroxylation is 1. The highest BCUT2D eigenvalue weighted by Gasteiger charge is 2.27. The number of anilines is 1. The molecule has 0 bridgehead atoms. The number of furan rings is 1. The average Bonchev–Trinajstić information content (AvgIpc) is 3.35. The predicted octanol–water partition coefficient (Wildman–Crippen LogP) is 4.32. The molecular formula is C22H28N4O2S. The lowest BCUT2D eigenvalue weighted by Crippen LogP contribution is -2.40. The third kappa shape index (κ3) is 4.45. The summed E-state index contributed by atoms with van der Waals surface area (Å²) in [6.45, 7) is 8.56. The van der Waals surface area contributed by atoms with Gasteiger partial charge in [-0.3, -0.25) is 4.79 Å². The molecule has 154 valence electrons. The SMILES string of the molecule is Cc1nc(N2CCC(C(=O)NCc3ccco3)CC2)c2c(CC(C)C)csc2n1. The van der Waals surface area contributed by atoms with Gasteiger partial charge in [-0.1, -0.05) is 13.8 Å². The Morgan fingerprint density at radius 3 is 2.83 bits per heavy atom. The Bertz CT molecular complexity index is 972. The van der Waals surface area contributed by atoms with Gasteiger partial charge in [0.15, 0.2) is 0 Å². The normalized spacial score (nSPS) is 15.4. The number of hydrogen-bond donors (Lipinski definition) is 1. The first-order chi connectivity index (χ1) is 14.0. The summed E-state index contributed by atoms with van der Waals surface area (Å²) in [4.78, 5) is 25.4. The van der Waals surface area contributed by atoms with E-state index in [9.17, 15) is 4.79 Å². The predicted molar refractivity (Wildman–Crippen MR) is 116 cm³/mol. The molecule has 0 aliphatic carbocycles. The van der Waals surface area contributed by atoms with Crippen LogP contribution in [0.5, 0.6) is 0 Å². The maximum Gasteiger partial charge on any atom is 0.223 e. The molecule has 0 atom stereocenters. The number of fused-ring (bicyclic) bond motifs is 1. The highest BCUT2D eigenvalue weighted by Crippen LogP contribution is 2.35. The van der Waals surface area contributed by atoms with E-state index in [1.54, 1.807) is 17.6 Å². The van der Waals surface area contributed by atoms with Crippen molar-refractivity contribution in [1.82, 2.24) is 15.3 Å². The molecule has 0 saturated carbocycles. The number of nitrogens with zero attached hydrogens (tertiary/aromatic N) is 3. The first-order valence-corrected chi connectivity index (χ1v) is 11.2. The Morgan fingerprint density at radius 1 is 1.34 bits per heavy atom. The van der Waals surface area contributed by atoms with Crippen LogP contribution in [-0.4, -0.2) is 29.0 Å². The van der Waals surface area contributed by atoms with Crippen LogP contribution in [0, 0.1) is 18.8 Å². The van der Waals surface area contributed by atoms with Crippen molar-refractivity contribution in [1.29, 1.82) is 0 Å². The van der Waals surface area contributed by atoms with Gasteiger partial charge in [0.05, 0.1) is 18.2 Å². The fourth-order valence-electron chi connectivity index (χ4n) is 3.99. The Labute approximate surface area is 175 Å². The molecular weight excluding hydrogens is 384 g/mol. The van der Waals surface area contributed by atoms with Crippen LogP contribution in [0.15, 0.2) is 28.2 Å². The van der Waals surface area contributed by atoms with Crippen LogP contribution in [0.25, 0.3) is 10.2 Å². The van der Waals surface area contributed by atoms with Crippen LogP contribution in [-0.2, 0) is 17.8 Å².